The summed E-state index contributed by atoms with van der Waals surface area (Å²) >= 11 is 5.51. The predicted molar refractivity (Wildman–Crippen MR) is 83.2 cm³/mol. The SMILES string of the molecule is CCNC(c1csc2c(Br)cccc12)C1CC1C. The molecule has 0 spiro atoms. The van der Waals surface area contributed by atoms with Crippen molar-refractivity contribution in [2.24, 2.45) is 11.8 Å². The van der Waals surface area contributed by atoms with Gasteiger partial charge in [0.15, 0.2) is 0 Å². The van der Waals surface area contributed by atoms with Gasteiger partial charge in [-0.2, -0.15) is 0 Å². The van der Waals surface area contributed by atoms with Gasteiger partial charge in [-0.25, -0.2) is 0 Å². The van der Waals surface area contributed by atoms with Crippen molar-refractivity contribution in [2.75, 3.05) is 6.54 Å². The van der Waals surface area contributed by atoms with E-state index in [1.807, 2.05) is 11.3 Å². The Morgan fingerprint density at radius 3 is 2.94 bits per heavy atom. The van der Waals surface area contributed by atoms with Gasteiger partial charge in [-0.1, -0.05) is 26.0 Å². The first-order chi connectivity index (χ1) is 8.72. The maximum Gasteiger partial charge on any atom is 0.0488 e. The Kier molecular flexibility index (Phi) is 3.48. The van der Waals surface area contributed by atoms with Crippen molar-refractivity contribution >= 4 is 37.4 Å². The minimum absolute atomic E-state index is 0.535. The van der Waals surface area contributed by atoms with Crippen molar-refractivity contribution in [3.8, 4) is 0 Å². The third-order valence-corrected chi connectivity index (χ3v) is 5.91. The maximum atomic E-state index is 3.68. The Bertz CT molecular complexity index is 563. The minimum Gasteiger partial charge on any atom is -0.310 e. The number of hydrogen-bond acceptors (Lipinski definition) is 2. The van der Waals surface area contributed by atoms with E-state index in [1.54, 1.807) is 0 Å². The first kappa shape index (κ1) is 12.6. The molecule has 1 aliphatic rings. The highest BCUT2D eigenvalue weighted by Crippen LogP contribution is 2.49. The second-order valence-corrected chi connectivity index (χ2v) is 6.95. The molecule has 3 atom stereocenters. The third-order valence-electron chi connectivity index (χ3n) is 3.94. The van der Waals surface area contributed by atoms with E-state index in [0.717, 1.165) is 18.4 Å². The first-order valence-corrected chi connectivity index (χ1v) is 8.28. The lowest BCUT2D eigenvalue weighted by atomic mass is 10.0. The standard InChI is InChI=1S/C15H18BrNS/c1-3-17-14(11-7-9(11)2)12-8-18-15-10(12)5-4-6-13(15)16/h4-6,8-9,11,14,17H,3,7H2,1-2H3. The van der Waals surface area contributed by atoms with Crippen LogP contribution in [0, 0.1) is 11.8 Å². The number of benzene rings is 1. The molecule has 1 aromatic heterocycles. The molecule has 0 aliphatic heterocycles. The molecule has 1 N–H and O–H groups in total. The predicted octanol–water partition coefficient (Wildman–Crippen LogP) is 4.97. The molecule has 0 bridgehead atoms. The molecule has 1 fully saturated rings. The Morgan fingerprint density at radius 2 is 2.28 bits per heavy atom. The van der Waals surface area contributed by atoms with E-state index in [9.17, 15) is 0 Å². The lowest BCUT2D eigenvalue weighted by molar-refractivity contribution is 0.479. The van der Waals surface area contributed by atoms with E-state index in [0.29, 0.717) is 6.04 Å². The van der Waals surface area contributed by atoms with Crippen LogP contribution in [0.25, 0.3) is 10.1 Å². The van der Waals surface area contributed by atoms with Gasteiger partial charge in [-0.15, -0.1) is 11.3 Å². The normalized spacial score (nSPS) is 24.4. The van der Waals surface area contributed by atoms with Gasteiger partial charge in [-0.05, 0) is 63.1 Å². The Hall–Kier alpha value is -0.380. The van der Waals surface area contributed by atoms with E-state index >= 15 is 0 Å². The molecule has 96 valence electrons. The van der Waals surface area contributed by atoms with Crippen LogP contribution >= 0.6 is 27.3 Å². The van der Waals surface area contributed by atoms with Gasteiger partial charge in [0.1, 0.15) is 0 Å². The summed E-state index contributed by atoms with van der Waals surface area (Å²) in [6.07, 6.45) is 1.36. The monoisotopic (exact) mass is 323 g/mol. The van der Waals surface area contributed by atoms with E-state index in [4.69, 9.17) is 0 Å². The molecule has 1 heterocycles. The molecule has 18 heavy (non-hydrogen) atoms. The van der Waals surface area contributed by atoms with Gasteiger partial charge in [0.25, 0.3) is 0 Å². The summed E-state index contributed by atoms with van der Waals surface area (Å²) in [5, 5.41) is 7.44. The van der Waals surface area contributed by atoms with Gasteiger partial charge in [0.2, 0.25) is 0 Å². The fourth-order valence-corrected chi connectivity index (χ4v) is 4.47. The average molecular weight is 324 g/mol. The van der Waals surface area contributed by atoms with Crippen molar-refractivity contribution in [3.63, 3.8) is 0 Å². The number of halogens is 1. The van der Waals surface area contributed by atoms with Crippen molar-refractivity contribution in [1.29, 1.82) is 0 Å². The number of fused-ring (bicyclic) bond motifs is 1. The molecule has 2 aromatic rings. The van der Waals surface area contributed by atoms with Crippen LogP contribution in [-0.4, -0.2) is 6.54 Å². The van der Waals surface area contributed by atoms with Crippen molar-refractivity contribution in [2.45, 2.75) is 26.3 Å². The van der Waals surface area contributed by atoms with Gasteiger partial charge in [0, 0.05) is 15.2 Å². The Balaban J connectivity index is 2.04. The highest BCUT2D eigenvalue weighted by molar-refractivity contribution is 9.10. The van der Waals surface area contributed by atoms with Crippen LogP contribution in [0.15, 0.2) is 28.1 Å². The van der Waals surface area contributed by atoms with Crippen LogP contribution in [0.4, 0.5) is 0 Å². The van der Waals surface area contributed by atoms with Gasteiger partial charge >= 0.3 is 0 Å². The van der Waals surface area contributed by atoms with E-state index < -0.39 is 0 Å². The van der Waals surface area contributed by atoms with Crippen LogP contribution in [0.2, 0.25) is 0 Å². The number of hydrogen-bond donors (Lipinski definition) is 1. The molecule has 1 aliphatic carbocycles. The van der Waals surface area contributed by atoms with Gasteiger partial charge < -0.3 is 5.32 Å². The molecule has 3 heteroatoms. The zero-order chi connectivity index (χ0) is 12.7. The molecule has 1 aromatic carbocycles. The summed E-state index contributed by atoms with van der Waals surface area (Å²) in [5.41, 5.74) is 1.49. The van der Waals surface area contributed by atoms with Crippen LogP contribution < -0.4 is 5.32 Å². The molecule has 1 saturated carbocycles. The highest BCUT2D eigenvalue weighted by atomic mass is 79.9. The van der Waals surface area contributed by atoms with Crippen molar-refractivity contribution in [1.82, 2.24) is 5.32 Å². The summed E-state index contributed by atoms with van der Waals surface area (Å²) in [6, 6.07) is 7.06. The zero-order valence-corrected chi connectivity index (χ0v) is 13.1. The highest BCUT2D eigenvalue weighted by Gasteiger charge is 2.40. The summed E-state index contributed by atoms with van der Waals surface area (Å²) < 4.78 is 2.60. The van der Waals surface area contributed by atoms with Crippen LogP contribution in [0.5, 0.6) is 0 Å². The minimum atomic E-state index is 0.535. The largest absolute Gasteiger partial charge is 0.310 e. The summed E-state index contributed by atoms with van der Waals surface area (Å²) in [7, 11) is 0. The topological polar surface area (TPSA) is 12.0 Å². The number of nitrogens with one attached hydrogen (secondary N) is 1. The number of thiophene rings is 1. The summed E-state index contributed by atoms with van der Waals surface area (Å²) in [6.45, 7) is 5.60. The maximum absolute atomic E-state index is 3.68. The zero-order valence-electron chi connectivity index (χ0n) is 10.7. The van der Waals surface area contributed by atoms with E-state index in [-0.39, 0.29) is 0 Å². The fraction of sp³-hybridized carbons (Fsp3) is 0.467. The molecule has 3 rings (SSSR count). The molecule has 0 saturated heterocycles. The van der Waals surface area contributed by atoms with Gasteiger partial charge in [0.05, 0.1) is 0 Å². The molecule has 1 nitrogen and oxygen atoms in total. The average Bonchev–Trinajstić information content (AvgIpc) is 2.90. The first-order valence-electron chi connectivity index (χ1n) is 6.61. The second kappa shape index (κ2) is 4.95. The number of rotatable bonds is 4. The van der Waals surface area contributed by atoms with Crippen molar-refractivity contribution in [3.05, 3.63) is 33.6 Å². The quantitative estimate of drug-likeness (QED) is 0.837. The Morgan fingerprint density at radius 1 is 1.50 bits per heavy atom. The lowest BCUT2D eigenvalue weighted by Gasteiger charge is -2.17. The molecule has 0 radical (unpaired) electrons. The van der Waals surface area contributed by atoms with Crippen LogP contribution in [-0.2, 0) is 0 Å². The third kappa shape index (κ3) is 2.13. The molecule has 0 amide bonds. The van der Waals surface area contributed by atoms with E-state index in [1.165, 1.54) is 26.5 Å². The summed E-state index contributed by atoms with van der Waals surface area (Å²) in [4.78, 5) is 0. The van der Waals surface area contributed by atoms with Crippen LogP contribution in [0.3, 0.4) is 0 Å². The second-order valence-electron chi connectivity index (χ2n) is 5.22. The molecule has 3 unspecified atom stereocenters. The summed E-state index contributed by atoms with van der Waals surface area (Å²) in [5.74, 6) is 1.69. The van der Waals surface area contributed by atoms with Gasteiger partial charge in [-0.3, -0.25) is 0 Å². The van der Waals surface area contributed by atoms with Crippen molar-refractivity contribution < 1.29 is 0 Å². The molecular formula is C15H18BrNS. The van der Waals surface area contributed by atoms with E-state index in [2.05, 4.69) is 58.7 Å². The smallest absolute Gasteiger partial charge is 0.0488 e. The lowest BCUT2D eigenvalue weighted by Crippen LogP contribution is -2.22. The van der Waals surface area contributed by atoms with Crippen LogP contribution in [0.1, 0.15) is 31.9 Å². The fourth-order valence-electron chi connectivity index (χ4n) is 2.81. The Labute approximate surface area is 121 Å². The molecular weight excluding hydrogens is 306 g/mol.